The highest BCUT2D eigenvalue weighted by Crippen LogP contribution is 2.21. The van der Waals surface area contributed by atoms with Gasteiger partial charge < -0.3 is 20.3 Å². The predicted octanol–water partition coefficient (Wildman–Crippen LogP) is 27.4. The number of amides is 1. The Balaban J connectivity index is 3.32. The number of hydrogen-bond acceptors (Lipinski definition) is 5. The molecule has 0 heterocycles. The smallest absolute Gasteiger partial charge is 0.305 e. The Morgan fingerprint density at radius 3 is 0.764 bits per heavy atom. The molecule has 2 atom stereocenters. The second-order valence-electron chi connectivity index (χ2n) is 28.8. The number of allylic oxidation sites excluding steroid dienone is 1. The van der Waals surface area contributed by atoms with E-state index in [0.29, 0.717) is 19.4 Å². The molecule has 0 bridgehead atoms. The summed E-state index contributed by atoms with van der Waals surface area (Å²) in [4.78, 5) is 24.6. The monoisotopic (exact) mass is 1250 g/mol. The highest BCUT2D eigenvalue weighted by molar-refractivity contribution is 5.76. The molecule has 89 heavy (non-hydrogen) atoms. The average molecular weight is 1260 g/mol. The van der Waals surface area contributed by atoms with Crippen LogP contribution in [0, 0.1) is 0 Å². The first kappa shape index (κ1) is 87.6. The molecule has 3 N–H and O–H groups in total. The summed E-state index contributed by atoms with van der Waals surface area (Å²) in [6.45, 7) is 4.97. The first-order chi connectivity index (χ1) is 44.0. The lowest BCUT2D eigenvalue weighted by atomic mass is 10.0. The van der Waals surface area contributed by atoms with Gasteiger partial charge in [0.15, 0.2) is 0 Å². The van der Waals surface area contributed by atoms with Crippen molar-refractivity contribution in [3.63, 3.8) is 0 Å². The Kier molecular flexibility index (Phi) is 77.8. The summed E-state index contributed by atoms with van der Waals surface area (Å²) < 4.78 is 5.49. The summed E-state index contributed by atoms with van der Waals surface area (Å²) in [5.74, 6) is -0.0314. The van der Waals surface area contributed by atoms with Gasteiger partial charge in [0.05, 0.1) is 25.4 Å². The molecule has 1 amide bonds. The van der Waals surface area contributed by atoms with Gasteiger partial charge in [-0.05, 0) is 32.1 Å². The van der Waals surface area contributed by atoms with E-state index in [1.807, 2.05) is 6.08 Å². The number of esters is 1. The molecule has 0 aromatic heterocycles. The molecule has 0 radical (unpaired) electrons. The van der Waals surface area contributed by atoms with E-state index in [2.05, 4.69) is 19.2 Å². The van der Waals surface area contributed by atoms with Crippen molar-refractivity contribution in [2.24, 2.45) is 0 Å². The minimum absolute atomic E-state index is 0.0250. The first-order valence-electron chi connectivity index (χ1n) is 41.5. The standard InChI is InChI=1S/C83H163NO5/c1-3-5-7-9-11-13-15-17-18-19-20-21-37-40-43-46-49-52-55-59-63-67-71-75-81(86)80(79-85)84-82(87)76-72-68-64-60-56-53-50-47-44-41-38-35-33-31-29-27-25-23-22-24-26-28-30-32-34-36-39-42-45-48-51-54-58-62-66-70-74-78-89-83(88)77-73-69-65-61-57-16-14-12-10-8-6-4-2/h71,75,80-81,85-86H,3-70,72-74,76-79H2,1-2H3,(H,84,87)/b75-71+. The van der Waals surface area contributed by atoms with Gasteiger partial charge in [0, 0.05) is 12.8 Å². The van der Waals surface area contributed by atoms with Crippen LogP contribution in [0.1, 0.15) is 483 Å². The van der Waals surface area contributed by atoms with E-state index in [1.54, 1.807) is 6.08 Å². The van der Waals surface area contributed by atoms with Crippen LogP contribution in [0.5, 0.6) is 0 Å². The molecule has 0 aliphatic heterocycles. The topological polar surface area (TPSA) is 95.9 Å². The third-order valence-electron chi connectivity index (χ3n) is 19.8. The Labute approximate surface area is 559 Å². The third kappa shape index (κ3) is 75.5. The molecule has 530 valence electrons. The van der Waals surface area contributed by atoms with E-state index in [-0.39, 0.29) is 18.5 Å². The zero-order chi connectivity index (χ0) is 64.2. The van der Waals surface area contributed by atoms with Crippen molar-refractivity contribution in [2.45, 2.75) is 495 Å². The normalized spacial score (nSPS) is 12.4. The van der Waals surface area contributed by atoms with Gasteiger partial charge >= 0.3 is 5.97 Å². The van der Waals surface area contributed by atoms with Crippen LogP contribution in [0.25, 0.3) is 0 Å². The summed E-state index contributed by atoms with van der Waals surface area (Å²) in [5.41, 5.74) is 0. The van der Waals surface area contributed by atoms with E-state index in [0.717, 1.165) is 38.5 Å². The highest BCUT2D eigenvalue weighted by atomic mass is 16.5. The largest absolute Gasteiger partial charge is 0.466 e. The van der Waals surface area contributed by atoms with Gasteiger partial charge in [-0.2, -0.15) is 0 Å². The molecular formula is C83H163NO5. The summed E-state index contributed by atoms with van der Waals surface area (Å²) in [7, 11) is 0. The van der Waals surface area contributed by atoms with Gasteiger partial charge in [0.2, 0.25) is 5.91 Å². The second-order valence-corrected chi connectivity index (χ2v) is 28.8. The Bertz CT molecular complexity index is 1350. The molecule has 6 nitrogen and oxygen atoms in total. The van der Waals surface area contributed by atoms with Crippen LogP contribution in [-0.2, 0) is 14.3 Å². The molecule has 0 aromatic carbocycles. The second kappa shape index (κ2) is 79.0. The van der Waals surface area contributed by atoms with Crippen molar-refractivity contribution >= 4 is 11.9 Å². The lowest BCUT2D eigenvalue weighted by Crippen LogP contribution is -2.45. The van der Waals surface area contributed by atoms with E-state index in [4.69, 9.17) is 4.74 Å². The molecule has 6 heteroatoms. The highest BCUT2D eigenvalue weighted by Gasteiger charge is 2.18. The van der Waals surface area contributed by atoms with Crippen LogP contribution in [0.4, 0.5) is 0 Å². The molecule has 0 saturated carbocycles. The number of carbonyl (C=O) groups excluding carboxylic acids is 2. The SMILES string of the molecule is CCCCCCCCCCCCCCCCCCCCCCC/C=C/C(O)C(CO)NC(=O)CCCCCCCCCCCCCCCCCCCCCCCCCCCCCCCCCCCCCCCOC(=O)CCCCCCCCCCCCCC. The maximum Gasteiger partial charge on any atom is 0.305 e. The van der Waals surface area contributed by atoms with E-state index >= 15 is 0 Å². The number of rotatable bonds is 79. The van der Waals surface area contributed by atoms with Crippen LogP contribution in [0.2, 0.25) is 0 Å². The third-order valence-corrected chi connectivity index (χ3v) is 19.8. The molecule has 0 spiro atoms. The van der Waals surface area contributed by atoms with Gasteiger partial charge in [0.25, 0.3) is 0 Å². The zero-order valence-electron chi connectivity index (χ0n) is 61.0. The van der Waals surface area contributed by atoms with Gasteiger partial charge in [0.1, 0.15) is 0 Å². The Hall–Kier alpha value is -1.40. The summed E-state index contributed by atoms with van der Waals surface area (Å²) in [5, 5.41) is 23.3. The van der Waals surface area contributed by atoms with Gasteiger partial charge in [-0.3, -0.25) is 9.59 Å². The van der Waals surface area contributed by atoms with Crippen LogP contribution in [0.3, 0.4) is 0 Å². The number of hydrogen-bond donors (Lipinski definition) is 3. The van der Waals surface area contributed by atoms with Crippen molar-refractivity contribution in [1.29, 1.82) is 0 Å². The molecule has 0 fully saturated rings. The fraction of sp³-hybridized carbons (Fsp3) is 0.952. The number of nitrogens with one attached hydrogen (secondary N) is 1. The number of carbonyl (C=O) groups is 2. The van der Waals surface area contributed by atoms with E-state index in [1.165, 1.54) is 417 Å². The molecule has 0 aromatic rings. The van der Waals surface area contributed by atoms with Crippen LogP contribution < -0.4 is 5.32 Å². The molecular weight excluding hydrogens is 1090 g/mol. The fourth-order valence-corrected chi connectivity index (χ4v) is 13.5. The molecule has 2 unspecified atom stereocenters. The molecule has 0 saturated heterocycles. The van der Waals surface area contributed by atoms with Crippen molar-refractivity contribution in [2.75, 3.05) is 13.2 Å². The summed E-state index contributed by atoms with van der Waals surface area (Å²) in [6, 6.07) is -0.624. The van der Waals surface area contributed by atoms with Crippen LogP contribution in [-0.4, -0.2) is 47.4 Å². The van der Waals surface area contributed by atoms with Crippen LogP contribution >= 0.6 is 0 Å². The number of aliphatic hydroxyl groups is 2. The lowest BCUT2D eigenvalue weighted by molar-refractivity contribution is -0.143. The van der Waals surface area contributed by atoms with E-state index in [9.17, 15) is 19.8 Å². The first-order valence-corrected chi connectivity index (χ1v) is 41.5. The maximum absolute atomic E-state index is 12.6. The quantitative estimate of drug-likeness (QED) is 0.0320. The number of ether oxygens (including phenoxy) is 1. The van der Waals surface area contributed by atoms with E-state index < -0.39 is 12.1 Å². The zero-order valence-corrected chi connectivity index (χ0v) is 61.0. The summed E-state index contributed by atoms with van der Waals surface area (Å²) in [6.07, 6.45) is 101. The maximum atomic E-state index is 12.6. The van der Waals surface area contributed by atoms with Crippen molar-refractivity contribution < 1.29 is 24.5 Å². The fourth-order valence-electron chi connectivity index (χ4n) is 13.5. The lowest BCUT2D eigenvalue weighted by Gasteiger charge is -2.20. The Morgan fingerprint density at radius 2 is 0.517 bits per heavy atom. The minimum atomic E-state index is -0.841. The average Bonchev–Trinajstić information content (AvgIpc) is 3.68. The van der Waals surface area contributed by atoms with Crippen LogP contribution in [0.15, 0.2) is 12.2 Å². The van der Waals surface area contributed by atoms with Gasteiger partial charge in [-0.1, -0.05) is 450 Å². The van der Waals surface area contributed by atoms with Crippen molar-refractivity contribution in [1.82, 2.24) is 5.32 Å². The van der Waals surface area contributed by atoms with Gasteiger partial charge in [-0.25, -0.2) is 0 Å². The molecule has 0 rings (SSSR count). The Morgan fingerprint density at radius 1 is 0.303 bits per heavy atom. The minimum Gasteiger partial charge on any atom is -0.466 e. The molecule has 0 aliphatic rings. The van der Waals surface area contributed by atoms with Gasteiger partial charge in [-0.15, -0.1) is 0 Å². The predicted molar refractivity (Wildman–Crippen MR) is 394 cm³/mol. The molecule has 0 aliphatic carbocycles. The van der Waals surface area contributed by atoms with Crippen molar-refractivity contribution in [3.05, 3.63) is 12.2 Å². The number of unbranched alkanes of at least 4 members (excludes halogenated alkanes) is 68. The number of aliphatic hydroxyl groups excluding tert-OH is 2. The van der Waals surface area contributed by atoms with Crippen molar-refractivity contribution in [3.8, 4) is 0 Å². The summed E-state index contributed by atoms with van der Waals surface area (Å²) >= 11 is 0.